The Balaban J connectivity index is 1.62. The van der Waals surface area contributed by atoms with Gasteiger partial charge in [0.2, 0.25) is 0 Å². The molecule has 0 spiro atoms. The van der Waals surface area contributed by atoms with Crippen molar-refractivity contribution in [2.45, 2.75) is 17.9 Å². The summed E-state index contributed by atoms with van der Waals surface area (Å²) in [5.41, 5.74) is 2.69. The fourth-order valence-corrected chi connectivity index (χ4v) is 3.89. The van der Waals surface area contributed by atoms with E-state index < -0.39 is 9.84 Å². The molecule has 0 saturated carbocycles. The van der Waals surface area contributed by atoms with Crippen LogP contribution < -0.4 is 4.90 Å². The molecule has 0 atom stereocenters. The highest BCUT2D eigenvalue weighted by Crippen LogP contribution is 2.29. The molecular weight excluding hydrogens is 386 g/mol. The number of halogens is 1. The Morgan fingerprint density at radius 1 is 1.04 bits per heavy atom. The predicted molar refractivity (Wildman–Crippen MR) is 102 cm³/mol. The van der Waals surface area contributed by atoms with E-state index in [0.29, 0.717) is 34.7 Å². The van der Waals surface area contributed by atoms with Crippen molar-refractivity contribution in [3.05, 3.63) is 59.1 Å². The van der Waals surface area contributed by atoms with E-state index in [0.717, 1.165) is 23.5 Å². The molecule has 138 valence electrons. The summed E-state index contributed by atoms with van der Waals surface area (Å²) in [5, 5.41) is 0.389. The van der Waals surface area contributed by atoms with Gasteiger partial charge in [-0.25, -0.2) is 28.4 Å². The van der Waals surface area contributed by atoms with E-state index in [1.165, 1.54) is 6.26 Å². The average molecular weight is 402 g/mol. The minimum Gasteiger partial charge on any atom is -0.367 e. The maximum atomic E-state index is 11.6. The third-order valence-corrected chi connectivity index (χ3v) is 5.85. The number of fused-ring (bicyclic) bond motifs is 1. The Kier molecular flexibility index (Phi) is 4.53. The van der Waals surface area contributed by atoms with Gasteiger partial charge in [-0.05, 0) is 30.3 Å². The van der Waals surface area contributed by atoms with E-state index in [2.05, 4.69) is 24.8 Å². The van der Waals surface area contributed by atoms with Crippen LogP contribution in [0.25, 0.3) is 11.6 Å². The zero-order chi connectivity index (χ0) is 19.0. The van der Waals surface area contributed by atoms with Crippen molar-refractivity contribution < 1.29 is 8.42 Å². The van der Waals surface area contributed by atoms with Gasteiger partial charge in [-0.15, -0.1) is 0 Å². The van der Waals surface area contributed by atoms with Crippen molar-refractivity contribution in [3.8, 4) is 11.6 Å². The van der Waals surface area contributed by atoms with Gasteiger partial charge in [0.15, 0.2) is 21.5 Å². The van der Waals surface area contributed by atoms with Crippen molar-refractivity contribution in [3.63, 3.8) is 0 Å². The molecule has 1 aliphatic rings. The van der Waals surface area contributed by atoms with Crippen LogP contribution in [0, 0.1) is 0 Å². The maximum absolute atomic E-state index is 11.6. The standard InChI is InChI=1S/C18H16ClN5O2S/c1-27(25,26)13-5-3-12(4-6-13)24-10-7-15-14(11-24)16(19)23-18(22-15)17-20-8-2-9-21-17/h2-6,8-9H,7,10-11H2,1H3. The molecule has 0 fully saturated rings. The van der Waals surface area contributed by atoms with Gasteiger partial charge in [-0.1, -0.05) is 11.6 Å². The summed E-state index contributed by atoms with van der Waals surface area (Å²) >= 11 is 6.42. The van der Waals surface area contributed by atoms with Crippen LogP contribution >= 0.6 is 11.6 Å². The highest BCUT2D eigenvalue weighted by Gasteiger charge is 2.23. The van der Waals surface area contributed by atoms with Crippen molar-refractivity contribution in [1.82, 2.24) is 19.9 Å². The quantitative estimate of drug-likeness (QED) is 0.623. The number of benzene rings is 1. The molecule has 1 aromatic carbocycles. The number of hydrogen-bond acceptors (Lipinski definition) is 7. The first-order valence-electron chi connectivity index (χ1n) is 8.29. The summed E-state index contributed by atoms with van der Waals surface area (Å²) < 4.78 is 23.2. The highest BCUT2D eigenvalue weighted by atomic mass is 35.5. The largest absolute Gasteiger partial charge is 0.367 e. The molecule has 7 nitrogen and oxygen atoms in total. The molecule has 1 aliphatic heterocycles. The van der Waals surface area contributed by atoms with E-state index >= 15 is 0 Å². The van der Waals surface area contributed by atoms with E-state index in [-0.39, 0.29) is 0 Å². The normalized spacial score (nSPS) is 14.1. The van der Waals surface area contributed by atoms with Gasteiger partial charge in [0.25, 0.3) is 0 Å². The fraction of sp³-hybridized carbons (Fsp3) is 0.222. The lowest BCUT2D eigenvalue weighted by Gasteiger charge is -2.30. The second kappa shape index (κ2) is 6.86. The summed E-state index contributed by atoms with van der Waals surface area (Å²) in [7, 11) is -3.21. The Bertz CT molecular complexity index is 1090. The number of sulfone groups is 1. The zero-order valence-corrected chi connectivity index (χ0v) is 16.1. The SMILES string of the molecule is CS(=O)(=O)c1ccc(N2CCc3nc(-c4ncccn4)nc(Cl)c3C2)cc1. The van der Waals surface area contributed by atoms with Crippen molar-refractivity contribution >= 4 is 27.1 Å². The lowest BCUT2D eigenvalue weighted by molar-refractivity contribution is 0.602. The van der Waals surface area contributed by atoms with E-state index in [1.54, 1.807) is 30.6 Å². The topological polar surface area (TPSA) is 88.9 Å². The third-order valence-electron chi connectivity index (χ3n) is 4.41. The van der Waals surface area contributed by atoms with E-state index in [1.807, 2.05) is 12.1 Å². The molecular formula is C18H16ClN5O2S. The molecule has 3 heterocycles. The van der Waals surface area contributed by atoms with Crippen LogP contribution in [0.1, 0.15) is 11.3 Å². The van der Waals surface area contributed by atoms with Crippen molar-refractivity contribution in [2.24, 2.45) is 0 Å². The van der Waals surface area contributed by atoms with E-state index in [9.17, 15) is 8.42 Å². The second-order valence-corrected chi connectivity index (χ2v) is 8.65. The van der Waals surface area contributed by atoms with E-state index in [4.69, 9.17) is 11.6 Å². The Hall–Kier alpha value is -2.58. The maximum Gasteiger partial charge on any atom is 0.199 e. The molecule has 0 unspecified atom stereocenters. The molecule has 3 aromatic rings. The molecule has 0 saturated heterocycles. The Labute approximate surface area is 162 Å². The van der Waals surface area contributed by atoms with Gasteiger partial charge in [0.1, 0.15) is 5.15 Å². The first-order chi connectivity index (χ1) is 12.9. The summed E-state index contributed by atoms with van der Waals surface area (Å²) in [5.74, 6) is 0.867. The number of anilines is 1. The van der Waals surface area contributed by atoms with Gasteiger partial charge in [0, 0.05) is 49.4 Å². The molecule has 0 radical (unpaired) electrons. The molecule has 0 amide bonds. The lowest BCUT2D eigenvalue weighted by atomic mass is 10.1. The molecule has 0 bridgehead atoms. The van der Waals surface area contributed by atoms with Crippen LogP contribution in [0.2, 0.25) is 5.15 Å². The van der Waals surface area contributed by atoms with Crippen LogP contribution in [-0.2, 0) is 22.8 Å². The smallest absolute Gasteiger partial charge is 0.199 e. The van der Waals surface area contributed by atoms with Crippen LogP contribution in [0.5, 0.6) is 0 Å². The number of hydrogen-bond donors (Lipinski definition) is 0. The van der Waals surface area contributed by atoms with Gasteiger partial charge in [0.05, 0.1) is 10.6 Å². The van der Waals surface area contributed by atoms with Gasteiger partial charge in [-0.2, -0.15) is 0 Å². The Morgan fingerprint density at radius 3 is 2.41 bits per heavy atom. The van der Waals surface area contributed by atoms with Crippen LogP contribution in [0.4, 0.5) is 5.69 Å². The molecule has 27 heavy (non-hydrogen) atoms. The molecule has 9 heteroatoms. The monoisotopic (exact) mass is 401 g/mol. The molecule has 0 aliphatic carbocycles. The molecule has 4 rings (SSSR count). The highest BCUT2D eigenvalue weighted by molar-refractivity contribution is 7.90. The number of rotatable bonds is 3. The predicted octanol–water partition coefficient (Wildman–Crippen LogP) is 2.55. The average Bonchev–Trinajstić information content (AvgIpc) is 2.68. The summed E-state index contributed by atoms with van der Waals surface area (Å²) in [6.45, 7) is 1.30. The first kappa shape index (κ1) is 17.8. The number of nitrogens with zero attached hydrogens (tertiary/aromatic N) is 5. The first-order valence-corrected chi connectivity index (χ1v) is 10.6. The van der Waals surface area contributed by atoms with Crippen LogP contribution in [0.3, 0.4) is 0 Å². The molecule has 0 N–H and O–H groups in total. The molecule has 2 aromatic heterocycles. The zero-order valence-electron chi connectivity index (χ0n) is 14.5. The minimum absolute atomic E-state index is 0.303. The van der Waals surface area contributed by atoms with Crippen molar-refractivity contribution in [1.29, 1.82) is 0 Å². The van der Waals surface area contributed by atoms with Crippen LogP contribution in [-0.4, -0.2) is 41.2 Å². The fourth-order valence-electron chi connectivity index (χ4n) is 3.01. The number of aromatic nitrogens is 4. The van der Waals surface area contributed by atoms with Gasteiger partial charge >= 0.3 is 0 Å². The summed E-state index contributed by atoms with van der Waals surface area (Å²) in [4.78, 5) is 19.7. The van der Waals surface area contributed by atoms with Gasteiger partial charge in [-0.3, -0.25) is 0 Å². The van der Waals surface area contributed by atoms with Crippen molar-refractivity contribution in [2.75, 3.05) is 17.7 Å². The third kappa shape index (κ3) is 3.63. The minimum atomic E-state index is -3.21. The summed E-state index contributed by atoms with van der Waals surface area (Å²) in [6, 6.07) is 8.59. The van der Waals surface area contributed by atoms with Crippen LogP contribution in [0.15, 0.2) is 47.6 Å². The second-order valence-electron chi connectivity index (χ2n) is 6.27. The van der Waals surface area contributed by atoms with Gasteiger partial charge < -0.3 is 4.90 Å². The summed E-state index contributed by atoms with van der Waals surface area (Å²) in [6.07, 6.45) is 5.18. The lowest BCUT2D eigenvalue weighted by Crippen LogP contribution is -2.31. The Morgan fingerprint density at radius 2 is 1.74 bits per heavy atom.